The fourth-order valence-corrected chi connectivity index (χ4v) is 3.23. The van der Waals surface area contributed by atoms with Crippen molar-refractivity contribution in [1.82, 2.24) is 4.90 Å². The first-order valence-electron chi connectivity index (χ1n) is 10.2. The number of benzene rings is 2. The minimum atomic E-state index is -0.154. The minimum Gasteiger partial charge on any atom is -0.454 e. The van der Waals surface area contributed by atoms with Gasteiger partial charge in [-0.05, 0) is 61.8 Å². The van der Waals surface area contributed by atoms with Crippen molar-refractivity contribution in [2.75, 3.05) is 25.2 Å². The number of nitrogens with one attached hydrogen (secondary N) is 1. The van der Waals surface area contributed by atoms with Crippen molar-refractivity contribution in [2.24, 2.45) is 0 Å². The van der Waals surface area contributed by atoms with E-state index in [4.69, 9.17) is 9.47 Å². The lowest BCUT2D eigenvalue weighted by Gasteiger charge is -2.22. The van der Waals surface area contributed by atoms with Crippen LogP contribution >= 0.6 is 0 Å². The lowest BCUT2D eigenvalue weighted by atomic mass is 10.1. The zero-order valence-corrected chi connectivity index (χ0v) is 16.9. The maximum Gasteiger partial charge on any atom is 0.255 e. The fourth-order valence-electron chi connectivity index (χ4n) is 3.23. The van der Waals surface area contributed by atoms with E-state index < -0.39 is 0 Å². The molecule has 0 aromatic heterocycles. The van der Waals surface area contributed by atoms with Crippen LogP contribution in [0.15, 0.2) is 42.5 Å². The Morgan fingerprint density at radius 3 is 2.32 bits per heavy atom. The van der Waals surface area contributed by atoms with Crippen molar-refractivity contribution >= 4 is 11.6 Å². The molecule has 0 bridgehead atoms. The number of carbonyl (C=O) groups is 1. The molecule has 5 nitrogen and oxygen atoms in total. The van der Waals surface area contributed by atoms with Gasteiger partial charge in [-0.2, -0.15) is 0 Å². The van der Waals surface area contributed by atoms with E-state index in [-0.39, 0.29) is 12.7 Å². The summed E-state index contributed by atoms with van der Waals surface area (Å²) in [6.45, 7) is 7.90. The molecule has 0 unspecified atom stereocenters. The summed E-state index contributed by atoms with van der Waals surface area (Å²) in [5.74, 6) is 1.14. The maximum atomic E-state index is 12.5. The SMILES string of the molecule is CCCCN(CCCC)Cc1ccc(NC(=O)c2ccc3c(c2)OCO3)cc1. The van der Waals surface area contributed by atoms with E-state index in [0.717, 1.165) is 25.3 Å². The van der Waals surface area contributed by atoms with Crippen LogP contribution in [0.1, 0.15) is 55.5 Å². The molecule has 1 heterocycles. The largest absolute Gasteiger partial charge is 0.454 e. The van der Waals surface area contributed by atoms with E-state index in [1.165, 1.54) is 31.2 Å². The molecule has 1 amide bonds. The maximum absolute atomic E-state index is 12.5. The molecule has 150 valence electrons. The highest BCUT2D eigenvalue weighted by Crippen LogP contribution is 2.32. The van der Waals surface area contributed by atoms with Crippen LogP contribution in [-0.2, 0) is 6.54 Å². The number of rotatable bonds is 10. The Balaban J connectivity index is 1.58. The van der Waals surface area contributed by atoms with Gasteiger partial charge in [0.05, 0.1) is 0 Å². The van der Waals surface area contributed by atoms with Gasteiger partial charge in [0.2, 0.25) is 6.79 Å². The lowest BCUT2D eigenvalue weighted by Crippen LogP contribution is -2.25. The molecule has 1 aliphatic heterocycles. The van der Waals surface area contributed by atoms with Crippen LogP contribution in [0.3, 0.4) is 0 Å². The van der Waals surface area contributed by atoms with Crippen LogP contribution in [0, 0.1) is 0 Å². The van der Waals surface area contributed by atoms with Crippen LogP contribution in [0.5, 0.6) is 11.5 Å². The number of carbonyl (C=O) groups excluding carboxylic acids is 1. The van der Waals surface area contributed by atoms with Crippen LogP contribution in [-0.4, -0.2) is 30.7 Å². The van der Waals surface area contributed by atoms with Crippen molar-refractivity contribution < 1.29 is 14.3 Å². The Morgan fingerprint density at radius 1 is 0.964 bits per heavy atom. The average molecular weight is 383 g/mol. The highest BCUT2D eigenvalue weighted by Gasteiger charge is 2.16. The summed E-state index contributed by atoms with van der Waals surface area (Å²) in [5.41, 5.74) is 2.62. The fraction of sp³-hybridized carbons (Fsp3) is 0.435. The summed E-state index contributed by atoms with van der Waals surface area (Å²) in [5, 5.41) is 2.95. The Kier molecular flexibility index (Phi) is 7.31. The predicted octanol–water partition coefficient (Wildman–Crippen LogP) is 5.07. The minimum absolute atomic E-state index is 0.154. The lowest BCUT2D eigenvalue weighted by molar-refractivity contribution is 0.102. The second-order valence-electron chi connectivity index (χ2n) is 7.20. The second kappa shape index (κ2) is 10.1. The summed E-state index contributed by atoms with van der Waals surface area (Å²) in [6.07, 6.45) is 4.89. The predicted molar refractivity (Wildman–Crippen MR) is 112 cm³/mol. The molecule has 2 aromatic carbocycles. The summed E-state index contributed by atoms with van der Waals surface area (Å²) in [7, 11) is 0. The summed E-state index contributed by atoms with van der Waals surface area (Å²) >= 11 is 0. The molecule has 1 aliphatic rings. The third-order valence-corrected chi connectivity index (χ3v) is 4.91. The smallest absolute Gasteiger partial charge is 0.255 e. The third kappa shape index (κ3) is 5.49. The summed E-state index contributed by atoms with van der Waals surface area (Å²) < 4.78 is 10.6. The highest BCUT2D eigenvalue weighted by atomic mass is 16.7. The first-order chi connectivity index (χ1) is 13.7. The van der Waals surface area contributed by atoms with E-state index in [2.05, 4.69) is 36.2 Å². The summed E-state index contributed by atoms with van der Waals surface area (Å²) in [6, 6.07) is 13.4. The number of fused-ring (bicyclic) bond motifs is 1. The molecule has 0 aliphatic carbocycles. The molecule has 2 aromatic rings. The zero-order valence-electron chi connectivity index (χ0n) is 16.9. The quantitative estimate of drug-likeness (QED) is 0.623. The highest BCUT2D eigenvalue weighted by molar-refractivity contribution is 6.04. The van der Waals surface area contributed by atoms with Gasteiger partial charge < -0.3 is 14.8 Å². The summed E-state index contributed by atoms with van der Waals surface area (Å²) in [4.78, 5) is 15.0. The van der Waals surface area contributed by atoms with Crippen LogP contribution in [0.25, 0.3) is 0 Å². The molecule has 0 spiro atoms. The van der Waals surface area contributed by atoms with Crippen molar-refractivity contribution in [3.8, 4) is 11.5 Å². The van der Waals surface area contributed by atoms with Gasteiger partial charge in [-0.1, -0.05) is 38.8 Å². The number of hydrogen-bond donors (Lipinski definition) is 1. The number of hydrogen-bond acceptors (Lipinski definition) is 4. The van der Waals surface area contributed by atoms with Gasteiger partial charge in [0.25, 0.3) is 5.91 Å². The molecule has 28 heavy (non-hydrogen) atoms. The molecule has 5 heteroatoms. The number of ether oxygens (including phenoxy) is 2. The molecular weight excluding hydrogens is 352 g/mol. The normalized spacial score (nSPS) is 12.4. The molecule has 0 atom stereocenters. The monoisotopic (exact) mass is 382 g/mol. The molecule has 3 rings (SSSR count). The molecule has 0 radical (unpaired) electrons. The number of unbranched alkanes of at least 4 members (excludes halogenated alkanes) is 2. The van der Waals surface area contributed by atoms with E-state index in [1.807, 2.05) is 12.1 Å². The molecule has 1 N–H and O–H groups in total. The van der Waals surface area contributed by atoms with Crippen molar-refractivity contribution in [1.29, 1.82) is 0 Å². The Labute approximate surface area is 167 Å². The van der Waals surface area contributed by atoms with E-state index in [0.29, 0.717) is 17.1 Å². The third-order valence-electron chi connectivity index (χ3n) is 4.91. The standard InChI is InChI=1S/C23H30N2O3/c1-3-5-13-25(14-6-4-2)16-18-7-10-20(11-8-18)24-23(26)19-9-12-21-22(15-19)28-17-27-21/h7-12,15H,3-6,13-14,16-17H2,1-2H3,(H,24,26). The Morgan fingerprint density at radius 2 is 1.64 bits per heavy atom. The van der Waals surface area contributed by atoms with Crippen LogP contribution in [0.2, 0.25) is 0 Å². The molecule has 0 saturated carbocycles. The van der Waals surface area contributed by atoms with Gasteiger partial charge in [0.15, 0.2) is 11.5 Å². The van der Waals surface area contributed by atoms with E-state index >= 15 is 0 Å². The first kappa shape index (κ1) is 20.2. The van der Waals surface area contributed by atoms with Crippen molar-refractivity contribution in [3.05, 3.63) is 53.6 Å². The van der Waals surface area contributed by atoms with Crippen molar-refractivity contribution in [3.63, 3.8) is 0 Å². The van der Waals surface area contributed by atoms with Gasteiger partial charge in [0.1, 0.15) is 0 Å². The topological polar surface area (TPSA) is 50.8 Å². The van der Waals surface area contributed by atoms with Gasteiger partial charge in [0, 0.05) is 17.8 Å². The van der Waals surface area contributed by atoms with Crippen molar-refractivity contribution in [2.45, 2.75) is 46.1 Å². The molecule has 0 saturated heterocycles. The Bertz CT molecular complexity index is 766. The molecule has 0 fully saturated rings. The van der Waals surface area contributed by atoms with Crippen LogP contribution in [0.4, 0.5) is 5.69 Å². The van der Waals surface area contributed by atoms with Gasteiger partial charge in [-0.3, -0.25) is 9.69 Å². The van der Waals surface area contributed by atoms with E-state index in [1.54, 1.807) is 18.2 Å². The van der Waals surface area contributed by atoms with Gasteiger partial charge in [-0.15, -0.1) is 0 Å². The number of amides is 1. The zero-order chi connectivity index (χ0) is 19.8. The number of nitrogens with zero attached hydrogens (tertiary/aromatic N) is 1. The molecular formula is C23H30N2O3. The first-order valence-corrected chi connectivity index (χ1v) is 10.2. The van der Waals surface area contributed by atoms with Gasteiger partial charge in [-0.25, -0.2) is 0 Å². The van der Waals surface area contributed by atoms with Gasteiger partial charge >= 0.3 is 0 Å². The average Bonchev–Trinajstić information content (AvgIpc) is 3.19. The number of anilines is 1. The second-order valence-corrected chi connectivity index (χ2v) is 7.20. The van der Waals surface area contributed by atoms with E-state index in [9.17, 15) is 4.79 Å². The van der Waals surface area contributed by atoms with Crippen LogP contribution < -0.4 is 14.8 Å². The Hall–Kier alpha value is -2.53.